The molecule has 1 unspecified atom stereocenters. The molecular formula is C13H17NO4. The van der Waals surface area contributed by atoms with Gasteiger partial charge in [0.2, 0.25) is 0 Å². The van der Waals surface area contributed by atoms with Crippen molar-refractivity contribution in [1.82, 2.24) is 5.32 Å². The van der Waals surface area contributed by atoms with Gasteiger partial charge < -0.3 is 19.5 Å². The molecule has 0 bridgehead atoms. The van der Waals surface area contributed by atoms with Crippen LogP contribution >= 0.6 is 0 Å². The van der Waals surface area contributed by atoms with Gasteiger partial charge in [-0.1, -0.05) is 6.07 Å². The molecule has 0 spiro atoms. The van der Waals surface area contributed by atoms with Gasteiger partial charge in [0.15, 0.2) is 11.5 Å². The molecule has 2 rings (SSSR count). The average Bonchev–Trinajstić information content (AvgIpc) is 2.81. The zero-order valence-electron chi connectivity index (χ0n) is 10.6. The normalized spacial score (nSPS) is 18.6. The largest absolute Gasteiger partial charge is 0.493 e. The number of hydrogen-bond acceptors (Lipinski definition) is 5. The van der Waals surface area contributed by atoms with Crippen LogP contribution in [0.25, 0.3) is 0 Å². The summed E-state index contributed by atoms with van der Waals surface area (Å²) in [5, 5.41) is 3.17. The summed E-state index contributed by atoms with van der Waals surface area (Å²) in [5.41, 5.74) is 1.03. The predicted molar refractivity (Wildman–Crippen MR) is 65.7 cm³/mol. The van der Waals surface area contributed by atoms with Gasteiger partial charge in [0.25, 0.3) is 0 Å². The molecule has 0 radical (unpaired) electrons. The number of carbonyl (C=O) groups is 1. The predicted octanol–water partition coefficient (Wildman–Crippen LogP) is 1.11. The number of ether oxygens (including phenoxy) is 3. The summed E-state index contributed by atoms with van der Waals surface area (Å²) in [6.45, 7) is 1.10. The van der Waals surface area contributed by atoms with E-state index in [0.717, 1.165) is 12.0 Å². The summed E-state index contributed by atoms with van der Waals surface area (Å²) in [5.74, 6) is 1.21. The second-order valence-corrected chi connectivity index (χ2v) is 4.08. The lowest BCUT2D eigenvalue weighted by Gasteiger charge is -2.11. The maximum atomic E-state index is 11.3. The highest BCUT2D eigenvalue weighted by Crippen LogP contribution is 2.27. The Balaban J connectivity index is 1.99. The minimum atomic E-state index is -0.196. The standard InChI is InChI=1S/C13H17NO4/c1-16-11-4-3-9(7-12(11)17-2)8-14-10-5-6-18-13(10)15/h3-4,7,10,14H,5-6,8H2,1-2H3. The van der Waals surface area contributed by atoms with Crippen molar-refractivity contribution in [2.75, 3.05) is 20.8 Å². The van der Waals surface area contributed by atoms with Gasteiger partial charge in [-0.15, -0.1) is 0 Å². The minimum absolute atomic E-state index is 0.171. The van der Waals surface area contributed by atoms with Gasteiger partial charge in [0, 0.05) is 13.0 Å². The lowest BCUT2D eigenvalue weighted by Crippen LogP contribution is -2.32. The molecule has 1 N–H and O–H groups in total. The van der Waals surface area contributed by atoms with Crippen LogP contribution in [0.4, 0.5) is 0 Å². The van der Waals surface area contributed by atoms with Gasteiger partial charge in [-0.25, -0.2) is 0 Å². The molecule has 1 fully saturated rings. The average molecular weight is 251 g/mol. The van der Waals surface area contributed by atoms with E-state index < -0.39 is 0 Å². The summed E-state index contributed by atoms with van der Waals surface area (Å²) < 4.78 is 15.3. The first-order valence-electron chi connectivity index (χ1n) is 5.85. The fraction of sp³-hybridized carbons (Fsp3) is 0.462. The van der Waals surface area contributed by atoms with Crippen molar-refractivity contribution < 1.29 is 19.0 Å². The Bertz CT molecular complexity index is 433. The highest BCUT2D eigenvalue weighted by atomic mass is 16.5. The van der Waals surface area contributed by atoms with Gasteiger partial charge in [-0.2, -0.15) is 0 Å². The van der Waals surface area contributed by atoms with Crippen molar-refractivity contribution in [3.05, 3.63) is 23.8 Å². The van der Waals surface area contributed by atoms with E-state index in [1.165, 1.54) is 0 Å². The number of methoxy groups -OCH3 is 2. The Morgan fingerprint density at radius 3 is 2.72 bits per heavy atom. The van der Waals surface area contributed by atoms with Crippen molar-refractivity contribution in [3.8, 4) is 11.5 Å². The summed E-state index contributed by atoms with van der Waals surface area (Å²) in [7, 11) is 3.20. The first-order valence-corrected chi connectivity index (χ1v) is 5.85. The number of rotatable bonds is 5. The zero-order chi connectivity index (χ0) is 13.0. The molecule has 0 saturated carbocycles. The summed E-state index contributed by atoms with van der Waals surface area (Å²) in [4.78, 5) is 11.3. The minimum Gasteiger partial charge on any atom is -0.493 e. The molecule has 5 heteroatoms. The number of benzene rings is 1. The molecule has 1 aromatic rings. The van der Waals surface area contributed by atoms with Crippen LogP contribution in [0, 0.1) is 0 Å². The van der Waals surface area contributed by atoms with Crippen LogP contribution in [0.3, 0.4) is 0 Å². The number of cyclic esters (lactones) is 1. The highest BCUT2D eigenvalue weighted by molar-refractivity contribution is 5.77. The molecule has 1 heterocycles. The van der Waals surface area contributed by atoms with Gasteiger partial charge in [0.05, 0.1) is 20.8 Å². The molecule has 0 aromatic heterocycles. The molecule has 98 valence electrons. The van der Waals surface area contributed by atoms with Crippen LogP contribution in [0.2, 0.25) is 0 Å². The van der Waals surface area contributed by atoms with E-state index in [-0.39, 0.29) is 12.0 Å². The Kier molecular flexibility index (Phi) is 4.04. The second kappa shape index (κ2) is 5.73. The number of nitrogens with one attached hydrogen (secondary N) is 1. The maximum Gasteiger partial charge on any atom is 0.323 e. The maximum absolute atomic E-state index is 11.3. The van der Waals surface area contributed by atoms with Crippen molar-refractivity contribution in [3.63, 3.8) is 0 Å². The third kappa shape index (κ3) is 2.73. The van der Waals surface area contributed by atoms with E-state index in [4.69, 9.17) is 14.2 Å². The second-order valence-electron chi connectivity index (χ2n) is 4.08. The fourth-order valence-electron chi connectivity index (χ4n) is 1.91. The lowest BCUT2D eigenvalue weighted by molar-refractivity contribution is -0.139. The van der Waals surface area contributed by atoms with Crippen molar-refractivity contribution >= 4 is 5.97 Å². The van der Waals surface area contributed by atoms with Gasteiger partial charge in [-0.3, -0.25) is 4.79 Å². The van der Waals surface area contributed by atoms with Crippen LogP contribution in [0.1, 0.15) is 12.0 Å². The fourth-order valence-corrected chi connectivity index (χ4v) is 1.91. The monoisotopic (exact) mass is 251 g/mol. The quantitative estimate of drug-likeness (QED) is 0.794. The number of carbonyl (C=O) groups excluding carboxylic acids is 1. The van der Waals surface area contributed by atoms with E-state index in [2.05, 4.69) is 5.32 Å². The van der Waals surface area contributed by atoms with Crippen molar-refractivity contribution in [2.24, 2.45) is 0 Å². The van der Waals surface area contributed by atoms with Crippen molar-refractivity contribution in [1.29, 1.82) is 0 Å². The van der Waals surface area contributed by atoms with E-state index in [1.54, 1.807) is 14.2 Å². The molecule has 5 nitrogen and oxygen atoms in total. The highest BCUT2D eigenvalue weighted by Gasteiger charge is 2.25. The third-order valence-electron chi connectivity index (χ3n) is 2.94. The van der Waals surface area contributed by atoms with Crippen molar-refractivity contribution in [2.45, 2.75) is 19.0 Å². The van der Waals surface area contributed by atoms with Crippen LogP contribution in [-0.4, -0.2) is 32.8 Å². The Morgan fingerprint density at radius 1 is 1.33 bits per heavy atom. The SMILES string of the molecule is COc1ccc(CNC2CCOC2=O)cc1OC. The van der Waals surface area contributed by atoms with Crippen LogP contribution < -0.4 is 14.8 Å². The molecule has 1 aliphatic heterocycles. The number of esters is 1. The van der Waals surface area contributed by atoms with E-state index >= 15 is 0 Å². The molecule has 18 heavy (non-hydrogen) atoms. The molecule has 1 atom stereocenters. The molecule has 0 amide bonds. The summed E-state index contributed by atoms with van der Waals surface area (Å²) >= 11 is 0. The summed E-state index contributed by atoms with van der Waals surface area (Å²) in [6.07, 6.45) is 0.728. The Morgan fingerprint density at radius 2 is 2.11 bits per heavy atom. The molecule has 1 aliphatic rings. The van der Waals surface area contributed by atoms with Gasteiger partial charge in [0.1, 0.15) is 6.04 Å². The molecule has 1 saturated heterocycles. The summed E-state index contributed by atoms with van der Waals surface area (Å²) in [6, 6.07) is 5.49. The van der Waals surface area contributed by atoms with E-state index in [9.17, 15) is 4.79 Å². The van der Waals surface area contributed by atoms with E-state index in [0.29, 0.717) is 24.7 Å². The van der Waals surface area contributed by atoms with Gasteiger partial charge in [-0.05, 0) is 17.7 Å². The molecule has 0 aliphatic carbocycles. The lowest BCUT2D eigenvalue weighted by atomic mass is 10.1. The Labute approximate surface area is 106 Å². The molecule has 1 aromatic carbocycles. The van der Waals surface area contributed by atoms with Gasteiger partial charge >= 0.3 is 5.97 Å². The van der Waals surface area contributed by atoms with Crippen LogP contribution in [0.15, 0.2) is 18.2 Å². The first-order chi connectivity index (χ1) is 8.74. The first kappa shape index (κ1) is 12.7. The smallest absolute Gasteiger partial charge is 0.323 e. The topological polar surface area (TPSA) is 56.8 Å². The van der Waals surface area contributed by atoms with E-state index in [1.807, 2.05) is 18.2 Å². The van der Waals surface area contributed by atoms with Crippen LogP contribution in [-0.2, 0) is 16.1 Å². The zero-order valence-corrected chi connectivity index (χ0v) is 10.6. The third-order valence-corrected chi connectivity index (χ3v) is 2.94. The Hall–Kier alpha value is -1.75. The van der Waals surface area contributed by atoms with Crippen LogP contribution in [0.5, 0.6) is 11.5 Å². The molecular weight excluding hydrogens is 234 g/mol. The number of hydrogen-bond donors (Lipinski definition) is 1.